The molecule has 0 aromatic heterocycles. The van der Waals surface area contributed by atoms with Crippen LogP contribution in [0.4, 0.5) is 5.69 Å². The Morgan fingerprint density at radius 1 is 0.903 bits per heavy atom. The molecule has 1 aliphatic heterocycles. The Bertz CT molecular complexity index is 865. The van der Waals surface area contributed by atoms with Gasteiger partial charge in [-0.25, -0.2) is 0 Å². The highest BCUT2D eigenvalue weighted by molar-refractivity contribution is 6.01. The number of nitrogens with zero attached hydrogens (tertiary/aromatic N) is 2. The van der Waals surface area contributed by atoms with E-state index in [0.29, 0.717) is 22.8 Å². The SMILES string of the molecule is COc1cc(C(=O)C(C)N2CCN(c3c(C)cccc3C)CC2)cc(OC)c1OC.Cl. The fourth-order valence-electron chi connectivity index (χ4n) is 4.27. The van der Waals surface area contributed by atoms with Crippen LogP contribution in [0.25, 0.3) is 0 Å². The summed E-state index contributed by atoms with van der Waals surface area (Å²) in [5.41, 5.74) is 4.48. The number of hydrogen-bond donors (Lipinski definition) is 0. The number of carbonyl (C=O) groups is 1. The molecule has 0 aliphatic carbocycles. The highest BCUT2D eigenvalue weighted by atomic mass is 35.5. The number of rotatable bonds is 7. The summed E-state index contributed by atoms with van der Waals surface area (Å²) in [6.07, 6.45) is 0. The zero-order valence-electron chi connectivity index (χ0n) is 19.2. The van der Waals surface area contributed by atoms with Crippen molar-refractivity contribution in [3.63, 3.8) is 0 Å². The van der Waals surface area contributed by atoms with Gasteiger partial charge in [0, 0.05) is 37.4 Å². The van der Waals surface area contributed by atoms with Crippen LogP contribution >= 0.6 is 12.4 Å². The lowest BCUT2D eigenvalue weighted by Crippen LogP contribution is -2.52. The first-order valence-corrected chi connectivity index (χ1v) is 10.3. The second kappa shape index (κ2) is 10.7. The maximum Gasteiger partial charge on any atom is 0.203 e. The molecular formula is C24H33ClN2O4. The summed E-state index contributed by atoms with van der Waals surface area (Å²) < 4.78 is 16.2. The molecule has 2 aromatic carbocycles. The summed E-state index contributed by atoms with van der Waals surface area (Å²) in [7, 11) is 4.67. The number of ketones is 1. The molecule has 1 unspecified atom stereocenters. The van der Waals surface area contributed by atoms with Gasteiger partial charge in [0.2, 0.25) is 5.75 Å². The van der Waals surface area contributed by atoms with E-state index in [2.05, 4.69) is 41.8 Å². The van der Waals surface area contributed by atoms with E-state index >= 15 is 0 Å². The lowest BCUT2D eigenvalue weighted by atomic mass is 10.0. The summed E-state index contributed by atoms with van der Waals surface area (Å²) in [5, 5.41) is 0. The highest BCUT2D eigenvalue weighted by Gasteiger charge is 2.28. The normalized spacial score (nSPS) is 15.1. The van der Waals surface area contributed by atoms with E-state index in [1.54, 1.807) is 33.5 Å². The van der Waals surface area contributed by atoms with Crippen molar-refractivity contribution in [2.24, 2.45) is 0 Å². The Balaban J connectivity index is 0.00000341. The number of piperazine rings is 1. The fourth-order valence-corrected chi connectivity index (χ4v) is 4.27. The number of methoxy groups -OCH3 is 3. The average Bonchev–Trinajstić information content (AvgIpc) is 2.77. The van der Waals surface area contributed by atoms with Crippen molar-refractivity contribution in [1.29, 1.82) is 0 Å². The Hall–Kier alpha value is -2.44. The number of carbonyl (C=O) groups excluding carboxylic acids is 1. The second-order valence-electron chi connectivity index (χ2n) is 7.72. The molecule has 1 atom stereocenters. The van der Waals surface area contributed by atoms with Crippen molar-refractivity contribution >= 4 is 23.9 Å². The molecule has 0 bridgehead atoms. The lowest BCUT2D eigenvalue weighted by Gasteiger charge is -2.39. The molecule has 0 spiro atoms. The van der Waals surface area contributed by atoms with Gasteiger partial charge in [0.05, 0.1) is 27.4 Å². The highest BCUT2D eigenvalue weighted by Crippen LogP contribution is 2.38. The van der Waals surface area contributed by atoms with Gasteiger partial charge in [0.15, 0.2) is 17.3 Å². The third-order valence-electron chi connectivity index (χ3n) is 5.95. The van der Waals surface area contributed by atoms with Crippen LogP contribution < -0.4 is 19.1 Å². The third kappa shape index (κ3) is 5.08. The minimum absolute atomic E-state index is 0. The van der Waals surface area contributed by atoms with Gasteiger partial charge in [0.1, 0.15) is 0 Å². The minimum atomic E-state index is -0.229. The molecule has 170 valence electrons. The van der Waals surface area contributed by atoms with Crippen LogP contribution in [0.1, 0.15) is 28.4 Å². The van der Waals surface area contributed by atoms with E-state index in [4.69, 9.17) is 14.2 Å². The number of aryl methyl sites for hydroxylation is 2. The van der Waals surface area contributed by atoms with E-state index in [-0.39, 0.29) is 24.2 Å². The topological polar surface area (TPSA) is 51.2 Å². The van der Waals surface area contributed by atoms with Crippen molar-refractivity contribution in [3.05, 3.63) is 47.0 Å². The monoisotopic (exact) mass is 448 g/mol. The molecule has 2 aromatic rings. The van der Waals surface area contributed by atoms with Crippen molar-refractivity contribution < 1.29 is 19.0 Å². The Labute approximate surface area is 191 Å². The molecule has 6 nitrogen and oxygen atoms in total. The third-order valence-corrected chi connectivity index (χ3v) is 5.95. The predicted octanol–water partition coefficient (Wildman–Crippen LogP) is 4.14. The standard InChI is InChI=1S/C24H32N2O4.ClH/c1-16-8-7-9-17(2)22(16)26-12-10-25(11-13-26)18(3)23(27)19-14-20(28-4)24(30-6)21(15-19)29-5;/h7-9,14-15,18H,10-13H2,1-6H3;1H. The van der Waals surface area contributed by atoms with Gasteiger partial charge in [-0.2, -0.15) is 0 Å². The molecule has 7 heteroatoms. The zero-order valence-corrected chi connectivity index (χ0v) is 20.0. The summed E-state index contributed by atoms with van der Waals surface area (Å²) in [6.45, 7) is 9.77. The van der Waals surface area contributed by atoms with Gasteiger partial charge in [-0.05, 0) is 44.0 Å². The van der Waals surface area contributed by atoms with Gasteiger partial charge in [0.25, 0.3) is 0 Å². The zero-order chi connectivity index (χ0) is 21.8. The van der Waals surface area contributed by atoms with E-state index in [1.165, 1.54) is 16.8 Å². The number of para-hydroxylation sites is 1. The molecule has 1 fully saturated rings. The van der Waals surface area contributed by atoms with Gasteiger partial charge in [-0.3, -0.25) is 9.69 Å². The summed E-state index contributed by atoms with van der Waals surface area (Å²) in [4.78, 5) is 17.9. The first kappa shape index (κ1) is 24.8. The van der Waals surface area contributed by atoms with Gasteiger partial charge < -0.3 is 19.1 Å². The molecule has 3 rings (SSSR count). The van der Waals surface area contributed by atoms with E-state index in [9.17, 15) is 4.79 Å². The summed E-state index contributed by atoms with van der Waals surface area (Å²) in [5.74, 6) is 1.53. The molecular weight excluding hydrogens is 416 g/mol. The first-order chi connectivity index (χ1) is 14.4. The largest absolute Gasteiger partial charge is 0.493 e. The average molecular weight is 449 g/mol. The molecule has 0 amide bonds. The second-order valence-corrected chi connectivity index (χ2v) is 7.72. The van der Waals surface area contributed by atoms with E-state index in [0.717, 1.165) is 26.2 Å². The Kier molecular flexibility index (Phi) is 8.60. The van der Waals surface area contributed by atoms with Crippen LogP contribution in [-0.4, -0.2) is 64.2 Å². The van der Waals surface area contributed by atoms with Crippen LogP contribution in [0.5, 0.6) is 17.2 Å². The lowest BCUT2D eigenvalue weighted by molar-refractivity contribution is 0.0829. The number of hydrogen-bond acceptors (Lipinski definition) is 6. The van der Waals surface area contributed by atoms with Crippen LogP contribution in [0.15, 0.2) is 30.3 Å². The first-order valence-electron chi connectivity index (χ1n) is 10.3. The van der Waals surface area contributed by atoms with Crippen molar-refractivity contribution in [2.45, 2.75) is 26.8 Å². The minimum Gasteiger partial charge on any atom is -0.493 e. The van der Waals surface area contributed by atoms with Crippen molar-refractivity contribution in [3.8, 4) is 17.2 Å². The van der Waals surface area contributed by atoms with Gasteiger partial charge in [-0.1, -0.05) is 18.2 Å². The number of halogens is 1. The molecule has 0 radical (unpaired) electrons. The van der Waals surface area contributed by atoms with E-state index < -0.39 is 0 Å². The Morgan fingerprint density at radius 3 is 1.87 bits per heavy atom. The summed E-state index contributed by atoms with van der Waals surface area (Å²) in [6, 6.07) is 9.65. The quantitative estimate of drug-likeness (QED) is 0.593. The molecule has 0 N–H and O–H groups in total. The number of anilines is 1. The predicted molar refractivity (Wildman–Crippen MR) is 127 cm³/mol. The van der Waals surface area contributed by atoms with Crippen LogP contribution in [-0.2, 0) is 0 Å². The van der Waals surface area contributed by atoms with Crippen molar-refractivity contribution in [2.75, 3.05) is 52.4 Å². The van der Waals surface area contributed by atoms with Crippen LogP contribution in [0.2, 0.25) is 0 Å². The number of ether oxygens (including phenoxy) is 3. The molecule has 31 heavy (non-hydrogen) atoms. The Morgan fingerprint density at radius 2 is 1.42 bits per heavy atom. The van der Waals surface area contributed by atoms with E-state index in [1.807, 2.05) is 6.92 Å². The molecule has 1 aliphatic rings. The number of benzene rings is 2. The smallest absolute Gasteiger partial charge is 0.203 e. The molecule has 1 saturated heterocycles. The van der Waals surface area contributed by atoms with Crippen LogP contribution in [0.3, 0.4) is 0 Å². The molecule has 1 heterocycles. The fraction of sp³-hybridized carbons (Fsp3) is 0.458. The molecule has 0 saturated carbocycles. The van der Waals surface area contributed by atoms with Crippen LogP contribution in [0, 0.1) is 13.8 Å². The maximum atomic E-state index is 13.2. The van der Waals surface area contributed by atoms with Gasteiger partial charge in [-0.15, -0.1) is 12.4 Å². The maximum absolute atomic E-state index is 13.2. The van der Waals surface area contributed by atoms with Crippen molar-refractivity contribution in [1.82, 2.24) is 4.90 Å². The van der Waals surface area contributed by atoms with Gasteiger partial charge >= 0.3 is 0 Å². The summed E-state index contributed by atoms with van der Waals surface area (Å²) >= 11 is 0. The number of Topliss-reactive ketones (excluding diaryl/α,β-unsaturated/α-hetero) is 1.